The zero-order chi connectivity index (χ0) is 35.0. The van der Waals surface area contributed by atoms with E-state index in [9.17, 15) is 0 Å². The lowest BCUT2D eigenvalue weighted by atomic mass is 9.76. The first-order valence-corrected chi connectivity index (χ1v) is 21.1. The van der Waals surface area contributed by atoms with E-state index in [-0.39, 0.29) is 5.41 Å². The van der Waals surface area contributed by atoms with E-state index in [1.165, 1.54) is 80.1 Å². The van der Waals surface area contributed by atoms with Gasteiger partial charge >= 0.3 is 0 Å². The van der Waals surface area contributed by atoms with E-state index >= 15 is 0 Å². The van der Waals surface area contributed by atoms with Crippen molar-refractivity contribution in [2.24, 2.45) is 5.41 Å². The van der Waals surface area contributed by atoms with Crippen LogP contribution in [-0.2, 0) is 6.42 Å². The van der Waals surface area contributed by atoms with Crippen molar-refractivity contribution in [3.05, 3.63) is 162 Å². The normalized spacial score (nSPS) is 18.5. The first-order valence-electron chi connectivity index (χ1n) is 18.9. The molecule has 7 aromatic carbocycles. The molecule has 52 heavy (non-hydrogen) atoms. The molecule has 0 saturated heterocycles. The number of aryl methyl sites for hydroxylation is 1. The summed E-state index contributed by atoms with van der Waals surface area (Å²) in [5.74, 6) is 0. The average molecular weight is 705 g/mol. The molecule has 0 saturated carbocycles. The van der Waals surface area contributed by atoms with Crippen molar-refractivity contribution in [1.82, 2.24) is 0 Å². The lowest BCUT2D eigenvalue weighted by Crippen LogP contribution is -2.24. The lowest BCUT2D eigenvalue weighted by Gasteiger charge is -2.33. The van der Waals surface area contributed by atoms with Gasteiger partial charge in [-0.15, -0.1) is 11.3 Å². The van der Waals surface area contributed by atoms with Gasteiger partial charge in [-0.2, -0.15) is 0 Å². The number of thiophene rings is 1. The van der Waals surface area contributed by atoms with Crippen LogP contribution in [0, 0.1) is 5.41 Å². The van der Waals surface area contributed by atoms with E-state index in [2.05, 4.69) is 159 Å². The Labute approximate surface area is 311 Å². The Balaban J connectivity index is 0.00000166. The molecule has 1 heterocycles. The van der Waals surface area contributed by atoms with E-state index in [4.69, 9.17) is 0 Å². The second-order valence-electron chi connectivity index (χ2n) is 14.6. The van der Waals surface area contributed by atoms with Crippen LogP contribution in [0.1, 0.15) is 44.1 Å². The van der Waals surface area contributed by atoms with Crippen molar-refractivity contribution in [3.63, 3.8) is 0 Å². The van der Waals surface area contributed by atoms with Crippen LogP contribution in [0.15, 0.2) is 151 Å². The highest BCUT2D eigenvalue weighted by molar-refractivity contribution is 7.74. The Hall–Kier alpha value is -4.81. The molecule has 2 atom stereocenters. The third-order valence-corrected chi connectivity index (χ3v) is 15.8. The summed E-state index contributed by atoms with van der Waals surface area (Å²) in [5, 5.41) is 12.8. The Kier molecular flexibility index (Phi) is 7.61. The van der Waals surface area contributed by atoms with Gasteiger partial charge in [0.2, 0.25) is 0 Å². The number of hydrogen-bond acceptors (Lipinski definition) is 1. The van der Waals surface area contributed by atoms with Gasteiger partial charge in [-0.25, -0.2) is 0 Å². The molecular weight excluding hydrogens is 664 g/mol. The molecule has 0 nitrogen and oxygen atoms in total. The monoisotopic (exact) mass is 704 g/mol. The average Bonchev–Trinajstić information content (AvgIpc) is 3.88. The number of rotatable bonds is 4. The smallest absolute Gasteiger partial charge is 0.0364 e. The fourth-order valence-corrected chi connectivity index (χ4v) is 14.0. The molecule has 0 amide bonds. The molecule has 8 aromatic rings. The van der Waals surface area contributed by atoms with E-state index in [0.29, 0.717) is 5.66 Å². The predicted molar refractivity (Wildman–Crippen MR) is 231 cm³/mol. The second-order valence-corrected chi connectivity index (χ2v) is 18.1. The standard InChI is InChI=1S/C48H35PS.C2H6/c1-48(32-23-24-39-44(27-32)50-45-28-41-37-18-7-6-17-36(37)38-19-10-20-40(46(38)41)47(39)45)26-25-33(29-48)49(42-21-8-13-30-11-2-4-15-34(30)42)43-22-9-14-31-12-3-5-16-35(31)43;1-2/h2-22,25-28,33H,23-24,29H2,1H3;1-2H3/t33?,48-;/m1./s1. The van der Waals surface area contributed by atoms with E-state index in [0.717, 1.165) is 19.3 Å². The van der Waals surface area contributed by atoms with Gasteiger partial charge in [0.25, 0.3) is 0 Å². The maximum atomic E-state index is 2.60. The molecule has 3 aliphatic carbocycles. The van der Waals surface area contributed by atoms with Crippen LogP contribution in [0.5, 0.6) is 0 Å². The SMILES string of the molecule is CC.C[C@@]1(C2=Cc3sc4cc5c6c(cccc6c4c3CC2)-c2ccccc2-5)C=CC(P(c2cccc3ccccc23)c2cccc3ccccc23)C1. The number of benzene rings is 7. The van der Waals surface area contributed by atoms with Crippen molar-refractivity contribution in [2.45, 2.75) is 45.7 Å². The fraction of sp³-hybridized carbons (Fsp3) is 0.160. The maximum absolute atomic E-state index is 2.60. The summed E-state index contributed by atoms with van der Waals surface area (Å²) in [6.07, 6.45) is 11.2. The minimum atomic E-state index is -0.653. The Bertz CT molecular complexity index is 2690. The van der Waals surface area contributed by atoms with Gasteiger partial charge in [-0.05, 0) is 110 Å². The molecule has 0 fully saturated rings. The van der Waals surface area contributed by atoms with Gasteiger partial charge in [0.05, 0.1) is 0 Å². The summed E-state index contributed by atoms with van der Waals surface area (Å²) in [6.45, 7) is 6.52. The topological polar surface area (TPSA) is 0 Å². The Morgan fingerprint density at radius 1 is 0.596 bits per heavy atom. The Morgan fingerprint density at radius 2 is 1.17 bits per heavy atom. The van der Waals surface area contributed by atoms with E-state index < -0.39 is 7.92 Å². The summed E-state index contributed by atoms with van der Waals surface area (Å²) in [6, 6.07) is 50.3. The first-order chi connectivity index (χ1) is 25.6. The van der Waals surface area contributed by atoms with Crippen LogP contribution >= 0.6 is 19.3 Å². The van der Waals surface area contributed by atoms with Crippen molar-refractivity contribution in [3.8, 4) is 22.3 Å². The quantitative estimate of drug-likeness (QED) is 0.126. The molecule has 11 rings (SSSR count). The van der Waals surface area contributed by atoms with Crippen molar-refractivity contribution >= 4 is 78.3 Å². The minimum absolute atomic E-state index is 0.0407. The van der Waals surface area contributed by atoms with Crippen molar-refractivity contribution in [2.75, 3.05) is 0 Å². The highest BCUT2D eigenvalue weighted by Crippen LogP contribution is 2.57. The van der Waals surface area contributed by atoms with Crippen LogP contribution < -0.4 is 10.6 Å². The molecule has 0 radical (unpaired) electrons. The molecule has 0 N–H and O–H groups in total. The predicted octanol–water partition coefficient (Wildman–Crippen LogP) is 13.8. The molecule has 2 heteroatoms. The molecule has 1 unspecified atom stereocenters. The van der Waals surface area contributed by atoms with Gasteiger partial charge in [-0.3, -0.25) is 0 Å². The molecule has 252 valence electrons. The highest BCUT2D eigenvalue weighted by atomic mass is 32.1. The Morgan fingerprint density at radius 3 is 1.88 bits per heavy atom. The summed E-state index contributed by atoms with van der Waals surface area (Å²) in [7, 11) is -0.653. The zero-order valence-corrected chi connectivity index (χ0v) is 31.7. The van der Waals surface area contributed by atoms with Crippen LogP contribution in [0.25, 0.3) is 70.7 Å². The van der Waals surface area contributed by atoms with E-state index in [1.807, 2.05) is 25.2 Å². The number of allylic oxidation sites excluding steroid dienone is 3. The van der Waals surface area contributed by atoms with Crippen molar-refractivity contribution in [1.29, 1.82) is 0 Å². The third-order valence-electron chi connectivity index (χ3n) is 11.8. The maximum Gasteiger partial charge on any atom is 0.0364 e. The summed E-state index contributed by atoms with van der Waals surface area (Å²) < 4.78 is 1.43. The first kappa shape index (κ1) is 31.9. The molecule has 0 spiro atoms. The summed E-state index contributed by atoms with van der Waals surface area (Å²) >= 11 is 2.01. The number of fused-ring (bicyclic) bond motifs is 9. The van der Waals surface area contributed by atoms with Gasteiger partial charge in [0, 0.05) is 26.0 Å². The van der Waals surface area contributed by atoms with Crippen LogP contribution in [-0.4, -0.2) is 5.66 Å². The van der Waals surface area contributed by atoms with Crippen molar-refractivity contribution < 1.29 is 0 Å². The fourth-order valence-electron chi connectivity index (χ4n) is 9.48. The number of hydrogen-bond donors (Lipinski definition) is 0. The third kappa shape index (κ3) is 4.76. The largest absolute Gasteiger partial charge is 0.135 e. The molecule has 0 aliphatic heterocycles. The summed E-state index contributed by atoms with van der Waals surface area (Å²) in [4.78, 5) is 1.47. The molecule has 3 aliphatic rings. The minimum Gasteiger partial charge on any atom is -0.135 e. The van der Waals surface area contributed by atoms with Gasteiger partial charge in [-0.1, -0.05) is 166 Å². The molecule has 1 aromatic heterocycles. The van der Waals surface area contributed by atoms with Gasteiger partial charge in [0.1, 0.15) is 0 Å². The van der Waals surface area contributed by atoms with Crippen LogP contribution in [0.4, 0.5) is 0 Å². The van der Waals surface area contributed by atoms with Gasteiger partial charge < -0.3 is 0 Å². The molecular formula is C50H41PS. The van der Waals surface area contributed by atoms with E-state index in [1.54, 1.807) is 11.1 Å². The molecule has 0 bridgehead atoms. The zero-order valence-electron chi connectivity index (χ0n) is 30.0. The second kappa shape index (κ2) is 12.4. The highest BCUT2D eigenvalue weighted by Gasteiger charge is 2.39. The lowest BCUT2D eigenvalue weighted by molar-refractivity contribution is 0.487. The van der Waals surface area contributed by atoms with Crippen LogP contribution in [0.3, 0.4) is 0 Å². The van der Waals surface area contributed by atoms with Crippen LogP contribution in [0.2, 0.25) is 0 Å². The van der Waals surface area contributed by atoms with Gasteiger partial charge in [0.15, 0.2) is 0 Å². The summed E-state index contributed by atoms with van der Waals surface area (Å²) in [5.41, 5.74) is 9.22.